The molecule has 5 aromatic rings. The zero-order valence-electron chi connectivity index (χ0n) is 30.6. The van der Waals surface area contributed by atoms with Gasteiger partial charge in [-0.2, -0.15) is 0 Å². The van der Waals surface area contributed by atoms with Gasteiger partial charge in [-0.15, -0.1) is 40.1 Å². The Hall–Kier alpha value is -2.64. The second kappa shape index (κ2) is 16.4. The smallest absolute Gasteiger partial charge is 0.170 e. The Morgan fingerprint density at radius 3 is 2.21 bits per heavy atom. The fourth-order valence-electron chi connectivity index (χ4n) is 6.16. The number of carbonyl (C=O) groups is 1. The second-order valence-electron chi connectivity index (χ2n) is 14.9. The number of fused-ring (bicyclic) bond motifs is 4. The quantitative estimate of drug-likeness (QED) is 0.0655. The van der Waals surface area contributed by atoms with Crippen LogP contribution in [0.2, 0.25) is 19.6 Å². The second-order valence-corrected chi connectivity index (χ2v) is 21.0. The van der Waals surface area contributed by atoms with Crippen molar-refractivity contribution >= 4 is 61.7 Å². The largest absolute Gasteiger partial charge is 0.512 e. The van der Waals surface area contributed by atoms with E-state index in [0.29, 0.717) is 0 Å². The number of aromatic nitrogens is 2. The SMILES string of the molecule is CCC(CC)C(=O)/C=C(\O)C(CC)CC.Cc1c(CC(C)(C)C)oc2c1sc1c(-c3[c-]c4ccccc4c([Si](C)(C)C)c3)ncnc12.[Ir]. The van der Waals surface area contributed by atoms with Gasteiger partial charge in [0.25, 0.3) is 0 Å². The van der Waals surface area contributed by atoms with Gasteiger partial charge in [0.05, 0.1) is 23.2 Å². The molecule has 261 valence electrons. The average molecular weight is 862 g/mol. The van der Waals surface area contributed by atoms with E-state index >= 15 is 0 Å². The third-order valence-electron chi connectivity index (χ3n) is 9.02. The first-order valence-electron chi connectivity index (χ1n) is 17.2. The molecule has 3 heterocycles. The topological polar surface area (TPSA) is 76.2 Å². The van der Waals surface area contributed by atoms with Crippen LogP contribution in [0.15, 0.2) is 52.9 Å². The normalized spacial score (nSPS) is 12.6. The number of hydrogen-bond acceptors (Lipinski definition) is 6. The Bertz CT molecular complexity index is 1890. The van der Waals surface area contributed by atoms with Crippen LogP contribution in [0.4, 0.5) is 0 Å². The number of rotatable bonds is 10. The predicted octanol–water partition coefficient (Wildman–Crippen LogP) is 11.4. The summed E-state index contributed by atoms with van der Waals surface area (Å²) in [4.78, 5) is 21.1. The molecule has 1 radical (unpaired) electrons. The molecule has 5 rings (SSSR count). The number of benzene rings is 2. The summed E-state index contributed by atoms with van der Waals surface area (Å²) in [5.41, 5.74) is 5.21. The van der Waals surface area contributed by atoms with Gasteiger partial charge in [-0.1, -0.05) is 97.3 Å². The first-order valence-corrected chi connectivity index (χ1v) is 21.5. The van der Waals surface area contributed by atoms with Gasteiger partial charge in [0.1, 0.15) is 17.6 Å². The summed E-state index contributed by atoms with van der Waals surface area (Å²) in [5.74, 6) is 1.62. The maximum Gasteiger partial charge on any atom is 0.170 e. The van der Waals surface area contributed by atoms with Crippen LogP contribution in [-0.2, 0) is 31.3 Å². The van der Waals surface area contributed by atoms with E-state index in [9.17, 15) is 9.90 Å². The number of carbonyl (C=O) groups excluding carboxylic acids is 1. The van der Waals surface area contributed by atoms with Crippen molar-refractivity contribution in [3.63, 3.8) is 0 Å². The van der Waals surface area contributed by atoms with Crippen LogP contribution in [0.25, 0.3) is 42.5 Å². The minimum Gasteiger partial charge on any atom is -0.512 e. The van der Waals surface area contributed by atoms with E-state index in [4.69, 9.17) is 9.40 Å². The van der Waals surface area contributed by atoms with Crippen LogP contribution < -0.4 is 5.19 Å². The first-order chi connectivity index (χ1) is 22.1. The molecule has 0 saturated carbocycles. The molecule has 48 heavy (non-hydrogen) atoms. The molecular formula is C40H53IrN2O3SSi-. The monoisotopic (exact) mass is 862 g/mol. The molecule has 3 aromatic heterocycles. The van der Waals surface area contributed by atoms with Crippen LogP contribution in [0.5, 0.6) is 0 Å². The van der Waals surface area contributed by atoms with E-state index in [-0.39, 0.29) is 48.9 Å². The number of aliphatic hydroxyl groups excluding tert-OH is 1. The van der Waals surface area contributed by atoms with Gasteiger partial charge in [0, 0.05) is 55.7 Å². The molecular weight excluding hydrogens is 809 g/mol. The van der Waals surface area contributed by atoms with Crippen LogP contribution in [0, 0.1) is 30.2 Å². The van der Waals surface area contributed by atoms with Crippen LogP contribution in [-0.4, -0.2) is 28.9 Å². The number of furan rings is 1. The molecule has 0 bridgehead atoms. The van der Waals surface area contributed by atoms with E-state index in [1.165, 1.54) is 26.9 Å². The number of aliphatic hydroxyl groups is 1. The summed E-state index contributed by atoms with van der Waals surface area (Å²) in [5, 5.41) is 13.7. The van der Waals surface area contributed by atoms with Gasteiger partial charge in [-0.25, -0.2) is 4.98 Å². The van der Waals surface area contributed by atoms with E-state index in [2.05, 4.69) is 88.7 Å². The first kappa shape index (κ1) is 39.8. The molecule has 0 unspecified atom stereocenters. The van der Waals surface area contributed by atoms with Crippen molar-refractivity contribution in [2.24, 2.45) is 17.3 Å². The molecule has 0 saturated heterocycles. The fraction of sp³-hybridized carbons (Fsp3) is 0.475. The van der Waals surface area contributed by atoms with Crippen LogP contribution >= 0.6 is 11.3 Å². The van der Waals surface area contributed by atoms with Crippen molar-refractivity contribution in [1.82, 2.24) is 9.97 Å². The molecule has 0 spiro atoms. The van der Waals surface area contributed by atoms with Crippen molar-refractivity contribution in [2.75, 3.05) is 0 Å². The molecule has 8 heteroatoms. The van der Waals surface area contributed by atoms with Crippen molar-refractivity contribution < 1.29 is 34.4 Å². The summed E-state index contributed by atoms with van der Waals surface area (Å²) in [6, 6.07) is 14.5. The summed E-state index contributed by atoms with van der Waals surface area (Å²) >= 11 is 1.75. The average Bonchev–Trinajstić information content (AvgIpc) is 3.52. The molecule has 0 fully saturated rings. The third kappa shape index (κ3) is 8.92. The Labute approximate surface area is 306 Å². The molecule has 0 aliphatic rings. The Morgan fingerprint density at radius 2 is 1.62 bits per heavy atom. The van der Waals surface area contributed by atoms with Gasteiger partial charge >= 0.3 is 0 Å². The number of ketones is 1. The Morgan fingerprint density at radius 1 is 1.00 bits per heavy atom. The van der Waals surface area contributed by atoms with Gasteiger partial charge in [-0.05, 0) is 38.0 Å². The minimum absolute atomic E-state index is 0. The maximum absolute atomic E-state index is 11.7. The van der Waals surface area contributed by atoms with Gasteiger partial charge in [0.15, 0.2) is 11.4 Å². The van der Waals surface area contributed by atoms with E-state index in [0.717, 1.165) is 70.3 Å². The molecule has 5 nitrogen and oxygen atoms in total. The molecule has 0 amide bonds. The summed E-state index contributed by atoms with van der Waals surface area (Å²) < 4.78 is 8.65. The maximum atomic E-state index is 11.7. The predicted molar refractivity (Wildman–Crippen MR) is 204 cm³/mol. The number of allylic oxidation sites excluding steroid dienone is 2. The zero-order chi connectivity index (χ0) is 34.7. The third-order valence-corrected chi connectivity index (χ3v) is 12.3. The zero-order valence-corrected chi connectivity index (χ0v) is 34.8. The summed E-state index contributed by atoms with van der Waals surface area (Å²) in [7, 11) is -1.57. The molecule has 2 aromatic carbocycles. The van der Waals surface area contributed by atoms with Crippen LogP contribution in [0.1, 0.15) is 85.5 Å². The van der Waals surface area contributed by atoms with Gasteiger partial charge < -0.3 is 9.52 Å². The molecule has 0 aliphatic heterocycles. The van der Waals surface area contributed by atoms with E-state index in [1.54, 1.807) is 17.7 Å². The fourth-order valence-corrected chi connectivity index (χ4v) is 8.96. The molecule has 1 N–H and O–H groups in total. The van der Waals surface area contributed by atoms with Crippen molar-refractivity contribution in [2.45, 2.75) is 107 Å². The summed E-state index contributed by atoms with van der Waals surface area (Å²) in [6.07, 6.45) is 7.49. The number of aryl methyl sites for hydroxylation is 1. The minimum atomic E-state index is -1.57. The number of nitrogens with zero attached hydrogens (tertiary/aromatic N) is 2. The number of hydrogen-bond donors (Lipinski definition) is 1. The Kier molecular flexibility index (Phi) is 13.6. The summed E-state index contributed by atoms with van der Waals surface area (Å²) in [6.45, 7) is 24.2. The molecule has 0 atom stereocenters. The standard InChI is InChI=1S/C27H29N2OSSi.C13H24O2.Ir/c1-16-20(14-27(2,3)4)30-24-23-26(31-25(16)24)22(28-15-29-23)18-12-17-10-8-9-11-19(17)21(13-18)32(5,6)7;1-5-10(6-2)12(14)9-13(15)11(7-3)8-4;/h8-11,13,15H,14H2,1-7H3;9-11,14H,5-8H2,1-4H3;/q-1;;/b;12-9-;. The van der Waals surface area contributed by atoms with Crippen molar-refractivity contribution in [1.29, 1.82) is 0 Å². The molecule has 0 aliphatic carbocycles. The van der Waals surface area contributed by atoms with Crippen molar-refractivity contribution in [3.8, 4) is 11.3 Å². The Balaban J connectivity index is 0.000000334. The van der Waals surface area contributed by atoms with Gasteiger partial charge in [-0.3, -0.25) is 9.78 Å². The van der Waals surface area contributed by atoms with Crippen molar-refractivity contribution in [3.05, 3.63) is 65.9 Å². The van der Waals surface area contributed by atoms with E-state index in [1.807, 2.05) is 27.7 Å². The number of thiophene rings is 1. The van der Waals surface area contributed by atoms with E-state index < -0.39 is 8.07 Å². The van der Waals surface area contributed by atoms with Gasteiger partial charge in [0.2, 0.25) is 0 Å². The van der Waals surface area contributed by atoms with Crippen LogP contribution in [0.3, 0.4) is 0 Å².